The summed E-state index contributed by atoms with van der Waals surface area (Å²) in [5, 5.41) is 0. The summed E-state index contributed by atoms with van der Waals surface area (Å²) in [6, 6.07) is 0.409. The Morgan fingerprint density at radius 2 is 2.50 bits per heavy atom. The largest absolute Gasteiger partial charge is 0.327 e. The van der Waals surface area contributed by atoms with E-state index in [1.54, 1.807) is 0 Å². The van der Waals surface area contributed by atoms with Crippen molar-refractivity contribution in [1.29, 1.82) is 0 Å². The SMILES string of the molecule is NC1CC=[N+](P)CC1. The summed E-state index contributed by atoms with van der Waals surface area (Å²) in [5.74, 6) is 0. The first-order chi connectivity index (χ1) is 3.79. The molecule has 1 rings (SSSR count). The van der Waals surface area contributed by atoms with Gasteiger partial charge >= 0.3 is 0 Å². The van der Waals surface area contributed by atoms with Gasteiger partial charge in [0.15, 0.2) is 9.39 Å². The molecule has 3 heteroatoms. The molecule has 0 aromatic heterocycles. The fraction of sp³-hybridized carbons (Fsp3) is 0.800. The molecule has 1 heterocycles. The molecule has 2 nitrogen and oxygen atoms in total. The van der Waals surface area contributed by atoms with Crippen molar-refractivity contribution < 1.29 is 4.35 Å². The van der Waals surface area contributed by atoms with Gasteiger partial charge in [0.1, 0.15) is 12.8 Å². The number of hydrogen-bond acceptors (Lipinski definition) is 1. The van der Waals surface area contributed by atoms with E-state index in [0.29, 0.717) is 6.04 Å². The Labute approximate surface area is 52.0 Å². The second kappa shape index (κ2) is 2.56. The Balaban J connectivity index is 2.42. The highest BCUT2D eigenvalue weighted by Crippen LogP contribution is 2.01. The normalized spacial score (nSPS) is 29.8. The van der Waals surface area contributed by atoms with E-state index >= 15 is 0 Å². The van der Waals surface area contributed by atoms with Gasteiger partial charge in [-0.25, -0.2) is 4.35 Å². The lowest BCUT2D eigenvalue weighted by Crippen LogP contribution is -2.28. The van der Waals surface area contributed by atoms with Gasteiger partial charge in [-0.05, 0) is 0 Å². The third kappa shape index (κ3) is 1.53. The van der Waals surface area contributed by atoms with Crippen LogP contribution in [0.5, 0.6) is 0 Å². The lowest BCUT2D eigenvalue weighted by molar-refractivity contribution is -0.355. The van der Waals surface area contributed by atoms with E-state index in [1.165, 1.54) is 0 Å². The molecule has 0 radical (unpaired) electrons. The van der Waals surface area contributed by atoms with Gasteiger partial charge in [-0.2, -0.15) is 0 Å². The fourth-order valence-electron chi connectivity index (χ4n) is 0.795. The molecule has 0 spiro atoms. The molecule has 2 atom stereocenters. The summed E-state index contributed by atoms with van der Waals surface area (Å²) in [4.78, 5) is 0. The number of rotatable bonds is 0. The lowest BCUT2D eigenvalue weighted by atomic mass is 10.1. The van der Waals surface area contributed by atoms with Crippen molar-refractivity contribution in [3.63, 3.8) is 0 Å². The Morgan fingerprint density at radius 3 is 2.88 bits per heavy atom. The molecule has 1 aliphatic heterocycles. The van der Waals surface area contributed by atoms with E-state index in [1.807, 2.05) is 0 Å². The number of nitrogens with zero attached hydrogens (tertiary/aromatic N) is 1. The van der Waals surface area contributed by atoms with Crippen molar-refractivity contribution in [2.75, 3.05) is 6.54 Å². The molecule has 0 saturated heterocycles. The smallest absolute Gasteiger partial charge is 0.151 e. The van der Waals surface area contributed by atoms with Crippen LogP contribution in [0.2, 0.25) is 0 Å². The van der Waals surface area contributed by atoms with Crippen molar-refractivity contribution in [3.8, 4) is 0 Å². The summed E-state index contributed by atoms with van der Waals surface area (Å²) in [6.07, 6.45) is 4.28. The maximum absolute atomic E-state index is 5.63. The zero-order valence-electron chi connectivity index (χ0n) is 4.88. The van der Waals surface area contributed by atoms with Crippen LogP contribution in [0.4, 0.5) is 0 Å². The molecule has 0 fully saturated rings. The summed E-state index contributed by atoms with van der Waals surface area (Å²) in [5.41, 5.74) is 5.63. The van der Waals surface area contributed by atoms with Crippen LogP contribution in [-0.2, 0) is 0 Å². The second-order valence-electron chi connectivity index (χ2n) is 2.20. The van der Waals surface area contributed by atoms with Gasteiger partial charge in [0.05, 0.1) is 0 Å². The van der Waals surface area contributed by atoms with Gasteiger partial charge in [0, 0.05) is 18.9 Å². The predicted molar refractivity (Wildman–Crippen MR) is 38.1 cm³/mol. The molecule has 0 aliphatic carbocycles. The summed E-state index contributed by atoms with van der Waals surface area (Å²) in [7, 11) is 2.64. The van der Waals surface area contributed by atoms with Gasteiger partial charge in [0.2, 0.25) is 0 Å². The zero-order valence-corrected chi connectivity index (χ0v) is 6.03. The Morgan fingerprint density at radius 1 is 1.75 bits per heavy atom. The topological polar surface area (TPSA) is 29.0 Å². The highest BCUT2D eigenvalue weighted by atomic mass is 31.0. The fourth-order valence-corrected chi connectivity index (χ4v) is 1.07. The molecule has 0 bridgehead atoms. The van der Waals surface area contributed by atoms with Crippen LogP contribution in [0.1, 0.15) is 12.8 Å². The van der Waals surface area contributed by atoms with Gasteiger partial charge in [0.25, 0.3) is 0 Å². The first kappa shape index (κ1) is 6.18. The highest BCUT2D eigenvalue weighted by molar-refractivity contribution is 7.08. The summed E-state index contributed by atoms with van der Waals surface area (Å²) in [6.45, 7) is 1.09. The van der Waals surface area contributed by atoms with E-state index in [4.69, 9.17) is 5.73 Å². The maximum Gasteiger partial charge on any atom is 0.151 e. The van der Waals surface area contributed by atoms with Crippen LogP contribution >= 0.6 is 9.39 Å². The van der Waals surface area contributed by atoms with E-state index in [2.05, 4.69) is 20.0 Å². The molecule has 1 aliphatic rings. The van der Waals surface area contributed by atoms with Crippen LogP contribution in [0.15, 0.2) is 0 Å². The Hall–Kier alpha value is 0.0600. The molecule has 0 aromatic rings. The molecular formula is C5H12N2P+. The van der Waals surface area contributed by atoms with Crippen molar-refractivity contribution in [1.82, 2.24) is 0 Å². The number of nitrogens with two attached hydrogens (primary N) is 1. The van der Waals surface area contributed by atoms with Crippen LogP contribution in [0.25, 0.3) is 0 Å². The van der Waals surface area contributed by atoms with E-state index in [9.17, 15) is 0 Å². The maximum atomic E-state index is 5.63. The van der Waals surface area contributed by atoms with E-state index in [-0.39, 0.29) is 0 Å². The minimum Gasteiger partial charge on any atom is -0.327 e. The van der Waals surface area contributed by atoms with Crippen LogP contribution < -0.4 is 5.73 Å². The average Bonchev–Trinajstić information content (AvgIpc) is 1.77. The zero-order chi connectivity index (χ0) is 5.98. The third-order valence-electron chi connectivity index (χ3n) is 1.40. The first-order valence-electron chi connectivity index (χ1n) is 2.89. The van der Waals surface area contributed by atoms with E-state index in [0.717, 1.165) is 19.4 Å². The minimum atomic E-state index is 0.409. The third-order valence-corrected chi connectivity index (χ3v) is 1.87. The number of hydrogen-bond donors (Lipinski definition) is 1. The van der Waals surface area contributed by atoms with Gasteiger partial charge in [-0.15, -0.1) is 0 Å². The Kier molecular flexibility index (Phi) is 1.98. The van der Waals surface area contributed by atoms with Crippen LogP contribution in [0.3, 0.4) is 0 Å². The quantitative estimate of drug-likeness (QED) is 0.460. The molecule has 2 unspecified atom stereocenters. The molecule has 0 aromatic carbocycles. The van der Waals surface area contributed by atoms with Gasteiger partial charge in [-0.1, -0.05) is 0 Å². The molecule has 2 N–H and O–H groups in total. The van der Waals surface area contributed by atoms with Crippen molar-refractivity contribution in [2.45, 2.75) is 18.9 Å². The van der Waals surface area contributed by atoms with Gasteiger partial charge in [-0.3, -0.25) is 0 Å². The predicted octanol–water partition coefficient (Wildman–Crippen LogP) is -0.0191. The monoisotopic (exact) mass is 131 g/mol. The molecule has 8 heavy (non-hydrogen) atoms. The van der Waals surface area contributed by atoms with E-state index < -0.39 is 0 Å². The highest BCUT2D eigenvalue weighted by Gasteiger charge is 2.11. The second-order valence-corrected chi connectivity index (χ2v) is 2.87. The van der Waals surface area contributed by atoms with Crippen LogP contribution in [-0.4, -0.2) is 23.1 Å². The van der Waals surface area contributed by atoms with Crippen molar-refractivity contribution in [3.05, 3.63) is 0 Å². The lowest BCUT2D eigenvalue weighted by Gasteiger charge is -2.09. The summed E-state index contributed by atoms with van der Waals surface area (Å²) >= 11 is 0. The standard InChI is InChI=1S/C5H12N2P/c6-5-1-3-7(8)4-2-5/h3,5H,1-2,4,6,8H2/q+1. The Bertz CT molecular complexity index is 111. The molecule has 46 valence electrons. The summed E-state index contributed by atoms with van der Waals surface area (Å²) < 4.78 is 2.11. The first-order valence-corrected chi connectivity index (χ1v) is 3.41. The average molecular weight is 131 g/mol. The van der Waals surface area contributed by atoms with Crippen LogP contribution in [0, 0.1) is 0 Å². The molecule has 0 amide bonds. The van der Waals surface area contributed by atoms with Crippen molar-refractivity contribution in [2.24, 2.45) is 5.73 Å². The molecular weight excluding hydrogens is 119 g/mol. The molecule has 0 saturated carbocycles. The van der Waals surface area contributed by atoms with Gasteiger partial charge < -0.3 is 5.73 Å². The van der Waals surface area contributed by atoms with Crippen molar-refractivity contribution >= 4 is 15.6 Å². The minimum absolute atomic E-state index is 0.409.